The third kappa shape index (κ3) is 2.94. The van der Waals surface area contributed by atoms with Crippen molar-refractivity contribution < 1.29 is 9.18 Å². The number of halogens is 1. The standard InChI is InChI=1S/C16H22FN3O/c17-14-7-6-12(16(21)19-18)9-13(14)10-20-8-2-4-11-3-1-5-15(11)20/h6-7,9,11,15H,1-5,8,10,18H2,(H,19,21). The summed E-state index contributed by atoms with van der Waals surface area (Å²) in [6, 6.07) is 5.03. The molecule has 2 aliphatic rings. The van der Waals surface area contributed by atoms with Crippen LogP contribution in [0, 0.1) is 11.7 Å². The number of nitrogens with one attached hydrogen (secondary N) is 1. The summed E-state index contributed by atoms with van der Waals surface area (Å²) in [5, 5.41) is 0. The zero-order chi connectivity index (χ0) is 14.8. The lowest BCUT2D eigenvalue weighted by Crippen LogP contribution is -2.42. The third-order valence-corrected chi connectivity index (χ3v) is 4.92. The highest BCUT2D eigenvalue weighted by molar-refractivity contribution is 5.93. The lowest BCUT2D eigenvalue weighted by molar-refractivity contribution is 0.0951. The van der Waals surface area contributed by atoms with Gasteiger partial charge in [0.2, 0.25) is 0 Å². The van der Waals surface area contributed by atoms with Crippen molar-refractivity contribution in [3.63, 3.8) is 0 Å². The fourth-order valence-electron chi connectivity index (χ4n) is 3.89. The lowest BCUT2D eigenvalue weighted by atomic mass is 9.91. The van der Waals surface area contributed by atoms with Crippen LogP contribution in [0.2, 0.25) is 0 Å². The Morgan fingerprint density at radius 3 is 2.95 bits per heavy atom. The fourth-order valence-corrected chi connectivity index (χ4v) is 3.89. The van der Waals surface area contributed by atoms with E-state index in [-0.39, 0.29) is 11.7 Å². The maximum absolute atomic E-state index is 14.0. The molecule has 2 atom stereocenters. The van der Waals surface area contributed by atoms with Crippen LogP contribution in [0.4, 0.5) is 4.39 Å². The van der Waals surface area contributed by atoms with Gasteiger partial charge in [0.1, 0.15) is 5.82 Å². The van der Waals surface area contributed by atoms with Crippen molar-refractivity contribution in [3.8, 4) is 0 Å². The zero-order valence-electron chi connectivity index (χ0n) is 12.1. The molecule has 3 rings (SSSR count). The second-order valence-electron chi connectivity index (χ2n) is 6.15. The first kappa shape index (κ1) is 14.5. The average Bonchev–Trinajstić information content (AvgIpc) is 2.98. The number of amides is 1. The van der Waals surface area contributed by atoms with Gasteiger partial charge >= 0.3 is 0 Å². The molecule has 1 aromatic rings. The molecular weight excluding hydrogens is 269 g/mol. The van der Waals surface area contributed by atoms with E-state index in [1.165, 1.54) is 44.2 Å². The number of nitrogens with zero attached hydrogens (tertiary/aromatic N) is 1. The van der Waals surface area contributed by atoms with Gasteiger partial charge in [0, 0.05) is 23.7 Å². The Kier molecular flexibility index (Phi) is 4.22. The van der Waals surface area contributed by atoms with Gasteiger partial charge in [0.25, 0.3) is 5.91 Å². The van der Waals surface area contributed by atoms with E-state index in [4.69, 9.17) is 5.84 Å². The summed E-state index contributed by atoms with van der Waals surface area (Å²) in [5.41, 5.74) is 3.09. The molecule has 5 heteroatoms. The van der Waals surface area contributed by atoms with Gasteiger partial charge in [-0.1, -0.05) is 6.42 Å². The summed E-state index contributed by atoms with van der Waals surface area (Å²) < 4.78 is 14.0. The van der Waals surface area contributed by atoms with Gasteiger partial charge in [0.15, 0.2) is 0 Å². The molecule has 1 aliphatic carbocycles. The van der Waals surface area contributed by atoms with Gasteiger partial charge in [-0.15, -0.1) is 0 Å². The van der Waals surface area contributed by atoms with E-state index < -0.39 is 0 Å². The molecule has 21 heavy (non-hydrogen) atoms. The minimum Gasteiger partial charge on any atom is -0.296 e. The van der Waals surface area contributed by atoms with Crippen molar-refractivity contribution in [2.75, 3.05) is 6.54 Å². The normalized spacial score (nSPS) is 25.6. The highest BCUT2D eigenvalue weighted by Crippen LogP contribution is 2.37. The van der Waals surface area contributed by atoms with E-state index in [2.05, 4.69) is 10.3 Å². The minimum atomic E-state index is -0.381. The van der Waals surface area contributed by atoms with E-state index in [1.807, 2.05) is 0 Å². The second-order valence-corrected chi connectivity index (χ2v) is 6.15. The maximum atomic E-state index is 14.0. The zero-order valence-corrected chi connectivity index (χ0v) is 12.1. The van der Waals surface area contributed by atoms with E-state index in [0.29, 0.717) is 23.7 Å². The molecule has 114 valence electrons. The Morgan fingerprint density at radius 1 is 1.33 bits per heavy atom. The molecule has 0 bridgehead atoms. The van der Waals surface area contributed by atoms with Crippen LogP contribution in [0.1, 0.15) is 48.0 Å². The second kappa shape index (κ2) is 6.12. The third-order valence-electron chi connectivity index (χ3n) is 4.92. The number of carbonyl (C=O) groups excluding carboxylic acids is 1. The first-order valence-corrected chi connectivity index (χ1v) is 7.72. The number of fused-ring (bicyclic) bond motifs is 1. The molecule has 2 fully saturated rings. The molecular formula is C16H22FN3O. The molecule has 1 heterocycles. The Balaban J connectivity index is 1.78. The molecule has 4 nitrogen and oxygen atoms in total. The number of benzene rings is 1. The minimum absolute atomic E-state index is 0.247. The van der Waals surface area contributed by atoms with Crippen molar-refractivity contribution in [1.29, 1.82) is 0 Å². The number of nitrogen functional groups attached to an aromatic ring is 1. The molecule has 1 aromatic carbocycles. The van der Waals surface area contributed by atoms with Crippen molar-refractivity contribution >= 4 is 5.91 Å². The molecule has 1 saturated heterocycles. The Labute approximate surface area is 124 Å². The van der Waals surface area contributed by atoms with Crippen molar-refractivity contribution in [1.82, 2.24) is 10.3 Å². The Bertz CT molecular complexity index is 534. The summed E-state index contributed by atoms with van der Waals surface area (Å²) in [5.74, 6) is 5.29. The summed E-state index contributed by atoms with van der Waals surface area (Å²) in [7, 11) is 0. The Morgan fingerprint density at radius 2 is 2.14 bits per heavy atom. The molecule has 0 aromatic heterocycles. The number of hydrogen-bond donors (Lipinski definition) is 2. The predicted octanol–water partition coefficient (Wildman–Crippen LogP) is 2.19. The van der Waals surface area contributed by atoms with E-state index >= 15 is 0 Å². The largest absolute Gasteiger partial charge is 0.296 e. The number of likely N-dealkylation sites (tertiary alicyclic amines) is 1. The molecule has 0 spiro atoms. The summed E-state index contributed by atoms with van der Waals surface area (Å²) in [6.07, 6.45) is 6.30. The summed E-state index contributed by atoms with van der Waals surface area (Å²) in [4.78, 5) is 14.0. The van der Waals surface area contributed by atoms with Gasteiger partial charge in [-0.25, -0.2) is 10.2 Å². The fraction of sp³-hybridized carbons (Fsp3) is 0.562. The van der Waals surface area contributed by atoms with Crippen LogP contribution in [-0.4, -0.2) is 23.4 Å². The van der Waals surface area contributed by atoms with Crippen LogP contribution in [0.3, 0.4) is 0 Å². The highest BCUT2D eigenvalue weighted by atomic mass is 19.1. The van der Waals surface area contributed by atoms with E-state index in [9.17, 15) is 9.18 Å². The van der Waals surface area contributed by atoms with Gasteiger partial charge in [-0.2, -0.15) is 0 Å². The van der Waals surface area contributed by atoms with Gasteiger partial charge < -0.3 is 0 Å². The quantitative estimate of drug-likeness (QED) is 0.510. The topological polar surface area (TPSA) is 58.4 Å². The number of carbonyl (C=O) groups is 1. The Hall–Kier alpha value is -1.46. The van der Waals surface area contributed by atoms with Crippen LogP contribution in [0.15, 0.2) is 18.2 Å². The van der Waals surface area contributed by atoms with E-state index in [1.54, 1.807) is 6.07 Å². The number of piperidine rings is 1. The van der Waals surface area contributed by atoms with Crippen molar-refractivity contribution in [2.24, 2.45) is 11.8 Å². The first-order valence-electron chi connectivity index (χ1n) is 7.72. The number of hydrogen-bond acceptors (Lipinski definition) is 3. The molecule has 1 aliphatic heterocycles. The van der Waals surface area contributed by atoms with Crippen LogP contribution < -0.4 is 11.3 Å². The molecule has 2 unspecified atom stereocenters. The van der Waals surface area contributed by atoms with Gasteiger partial charge in [0.05, 0.1) is 0 Å². The van der Waals surface area contributed by atoms with Crippen LogP contribution in [0.5, 0.6) is 0 Å². The van der Waals surface area contributed by atoms with Crippen LogP contribution in [-0.2, 0) is 6.54 Å². The van der Waals surface area contributed by atoms with Crippen molar-refractivity contribution in [2.45, 2.75) is 44.7 Å². The monoisotopic (exact) mass is 291 g/mol. The van der Waals surface area contributed by atoms with Crippen LogP contribution >= 0.6 is 0 Å². The lowest BCUT2D eigenvalue weighted by Gasteiger charge is -2.37. The average molecular weight is 291 g/mol. The smallest absolute Gasteiger partial charge is 0.265 e. The number of nitrogens with two attached hydrogens (primary N) is 1. The molecule has 0 radical (unpaired) electrons. The highest BCUT2D eigenvalue weighted by Gasteiger charge is 2.35. The number of hydrazine groups is 1. The predicted molar refractivity (Wildman–Crippen MR) is 78.8 cm³/mol. The SMILES string of the molecule is NNC(=O)c1ccc(F)c(CN2CCCC3CCCC32)c1. The van der Waals surface area contributed by atoms with Gasteiger partial charge in [-0.3, -0.25) is 15.1 Å². The van der Waals surface area contributed by atoms with Crippen molar-refractivity contribution in [3.05, 3.63) is 35.1 Å². The van der Waals surface area contributed by atoms with Crippen LogP contribution in [0.25, 0.3) is 0 Å². The first-order chi connectivity index (χ1) is 10.2. The molecule has 3 N–H and O–H groups in total. The van der Waals surface area contributed by atoms with Gasteiger partial charge in [-0.05, 0) is 56.3 Å². The maximum Gasteiger partial charge on any atom is 0.265 e. The van der Waals surface area contributed by atoms with E-state index in [0.717, 1.165) is 12.5 Å². The molecule has 1 amide bonds. The summed E-state index contributed by atoms with van der Waals surface area (Å²) >= 11 is 0. The summed E-state index contributed by atoms with van der Waals surface area (Å²) in [6.45, 7) is 1.60. The molecule has 1 saturated carbocycles. The number of rotatable bonds is 3.